The van der Waals surface area contributed by atoms with E-state index in [1.807, 2.05) is 0 Å². The van der Waals surface area contributed by atoms with Gasteiger partial charge in [0.25, 0.3) is 0 Å². The van der Waals surface area contributed by atoms with E-state index in [1.54, 1.807) is 0 Å². The molecular weight excluding hydrogens is 285 g/mol. The lowest BCUT2D eigenvalue weighted by molar-refractivity contribution is 0.0691. The maximum Gasteiger partial charge on any atom is 0.338 e. The van der Waals surface area contributed by atoms with Gasteiger partial charge in [0.2, 0.25) is 10.0 Å². The van der Waals surface area contributed by atoms with E-state index >= 15 is 0 Å². The molecule has 1 aliphatic rings. The van der Waals surface area contributed by atoms with Crippen molar-refractivity contribution in [2.75, 3.05) is 13.6 Å². The number of carboxylic acids is 1. The van der Waals surface area contributed by atoms with Gasteiger partial charge < -0.3 is 5.11 Å². The molecule has 0 spiro atoms. The molecule has 1 aliphatic carbocycles. The van der Waals surface area contributed by atoms with Crippen LogP contribution in [0.25, 0.3) is 0 Å². The van der Waals surface area contributed by atoms with E-state index in [2.05, 4.69) is 0 Å². The molecule has 1 N–H and O–H groups in total. The molecule has 0 aliphatic heterocycles. The molecule has 1 aromatic carbocycles. The highest BCUT2D eigenvalue weighted by Crippen LogP contribution is 2.31. The van der Waals surface area contributed by atoms with Crippen molar-refractivity contribution in [3.05, 3.63) is 29.1 Å². The molecule has 0 bridgehead atoms. The minimum absolute atomic E-state index is 0.00305. The molecule has 20 heavy (non-hydrogen) atoms. The average Bonchev–Trinajstić information content (AvgIpc) is 3.15. The number of sulfonamides is 1. The third kappa shape index (κ3) is 2.83. The lowest BCUT2D eigenvalue weighted by Gasteiger charge is -2.17. The number of benzene rings is 1. The molecular formula is C13H16FNO4S. The Morgan fingerprint density at radius 3 is 2.55 bits per heavy atom. The number of aromatic carboxylic acids is 1. The second-order valence-electron chi connectivity index (χ2n) is 5.14. The van der Waals surface area contributed by atoms with E-state index in [-0.39, 0.29) is 10.5 Å². The predicted octanol–water partition coefficient (Wildman–Crippen LogP) is 1.86. The summed E-state index contributed by atoms with van der Waals surface area (Å²) in [6.07, 6.45) is 2.01. The Hall–Kier alpha value is -1.47. The predicted molar refractivity (Wildman–Crippen MR) is 70.6 cm³/mol. The van der Waals surface area contributed by atoms with Crippen LogP contribution in [0.5, 0.6) is 0 Å². The van der Waals surface area contributed by atoms with Gasteiger partial charge in [0, 0.05) is 13.6 Å². The number of aryl methyl sites for hydroxylation is 1. The van der Waals surface area contributed by atoms with E-state index in [0.717, 1.165) is 18.9 Å². The second kappa shape index (κ2) is 5.14. The number of rotatable bonds is 5. The van der Waals surface area contributed by atoms with Crippen LogP contribution >= 0.6 is 0 Å². The van der Waals surface area contributed by atoms with Crippen LogP contribution in [0.15, 0.2) is 17.0 Å². The summed E-state index contributed by atoms with van der Waals surface area (Å²) < 4.78 is 39.5. The Balaban J connectivity index is 2.43. The SMILES string of the molecule is Cc1cc(S(=O)(=O)N(C)CC2CC2)cc(C(=O)O)c1F. The first-order chi connectivity index (χ1) is 9.23. The van der Waals surface area contributed by atoms with Crippen molar-refractivity contribution >= 4 is 16.0 Å². The molecule has 5 nitrogen and oxygen atoms in total. The summed E-state index contributed by atoms with van der Waals surface area (Å²) in [6.45, 7) is 1.75. The fraction of sp³-hybridized carbons (Fsp3) is 0.462. The van der Waals surface area contributed by atoms with Gasteiger partial charge in [0.05, 0.1) is 10.5 Å². The Bertz CT molecular complexity index is 653. The van der Waals surface area contributed by atoms with Crippen molar-refractivity contribution in [1.82, 2.24) is 4.31 Å². The van der Waals surface area contributed by atoms with Gasteiger partial charge >= 0.3 is 5.97 Å². The van der Waals surface area contributed by atoms with Crippen LogP contribution in [0.4, 0.5) is 4.39 Å². The summed E-state index contributed by atoms with van der Waals surface area (Å²) in [5, 5.41) is 8.93. The fourth-order valence-corrected chi connectivity index (χ4v) is 3.34. The molecule has 1 aromatic rings. The van der Waals surface area contributed by atoms with Crippen molar-refractivity contribution in [1.29, 1.82) is 0 Å². The van der Waals surface area contributed by atoms with Gasteiger partial charge in [0.15, 0.2) is 0 Å². The number of halogens is 1. The molecule has 1 fully saturated rings. The second-order valence-corrected chi connectivity index (χ2v) is 7.18. The van der Waals surface area contributed by atoms with Crippen LogP contribution in [0.1, 0.15) is 28.8 Å². The van der Waals surface area contributed by atoms with Crippen LogP contribution in [-0.2, 0) is 10.0 Å². The zero-order valence-corrected chi connectivity index (χ0v) is 12.1. The minimum atomic E-state index is -3.79. The number of hydrogen-bond acceptors (Lipinski definition) is 3. The Morgan fingerprint density at radius 1 is 1.45 bits per heavy atom. The zero-order valence-electron chi connectivity index (χ0n) is 11.3. The molecule has 0 heterocycles. The van der Waals surface area contributed by atoms with Gasteiger partial charge in [-0.15, -0.1) is 0 Å². The molecule has 0 radical (unpaired) electrons. The van der Waals surface area contributed by atoms with Gasteiger partial charge in [0.1, 0.15) is 5.82 Å². The topological polar surface area (TPSA) is 74.7 Å². The molecule has 110 valence electrons. The lowest BCUT2D eigenvalue weighted by Crippen LogP contribution is -2.29. The van der Waals surface area contributed by atoms with Crippen LogP contribution in [0, 0.1) is 18.7 Å². The van der Waals surface area contributed by atoms with Gasteiger partial charge in [-0.1, -0.05) is 0 Å². The Morgan fingerprint density at radius 2 is 2.05 bits per heavy atom. The van der Waals surface area contributed by atoms with E-state index in [4.69, 9.17) is 5.11 Å². The molecule has 0 unspecified atom stereocenters. The van der Waals surface area contributed by atoms with E-state index in [1.165, 1.54) is 24.3 Å². The summed E-state index contributed by atoms with van der Waals surface area (Å²) in [4.78, 5) is 10.8. The van der Waals surface area contributed by atoms with Gasteiger partial charge in [-0.25, -0.2) is 21.9 Å². The molecule has 0 amide bonds. The molecule has 0 saturated heterocycles. The summed E-state index contributed by atoms with van der Waals surface area (Å²) in [6, 6.07) is 2.05. The highest BCUT2D eigenvalue weighted by atomic mass is 32.2. The van der Waals surface area contributed by atoms with Crippen LogP contribution in [0.3, 0.4) is 0 Å². The summed E-state index contributed by atoms with van der Waals surface area (Å²) in [5.41, 5.74) is -0.619. The first kappa shape index (κ1) is 14.9. The Labute approximate surface area is 117 Å². The van der Waals surface area contributed by atoms with Gasteiger partial charge in [-0.05, 0) is 43.4 Å². The van der Waals surface area contributed by atoms with Crippen LogP contribution in [0.2, 0.25) is 0 Å². The van der Waals surface area contributed by atoms with Gasteiger partial charge in [-0.2, -0.15) is 0 Å². The minimum Gasteiger partial charge on any atom is -0.478 e. The van der Waals surface area contributed by atoms with Crippen molar-refractivity contribution in [3.8, 4) is 0 Å². The van der Waals surface area contributed by atoms with Crippen LogP contribution < -0.4 is 0 Å². The third-order valence-corrected chi connectivity index (χ3v) is 5.18. The summed E-state index contributed by atoms with van der Waals surface area (Å²) in [7, 11) is -2.33. The smallest absolute Gasteiger partial charge is 0.338 e. The molecule has 7 heteroatoms. The fourth-order valence-electron chi connectivity index (χ4n) is 1.98. The highest BCUT2D eigenvalue weighted by molar-refractivity contribution is 7.89. The number of carbonyl (C=O) groups is 1. The third-order valence-electron chi connectivity index (χ3n) is 3.38. The van der Waals surface area contributed by atoms with Crippen molar-refractivity contribution in [2.45, 2.75) is 24.7 Å². The average molecular weight is 301 g/mol. The standard InChI is InChI=1S/C13H16FNO4S/c1-8-5-10(6-11(12(8)14)13(16)17)20(18,19)15(2)7-9-3-4-9/h5-6,9H,3-4,7H2,1-2H3,(H,16,17). The lowest BCUT2D eigenvalue weighted by atomic mass is 10.1. The number of nitrogens with zero attached hydrogens (tertiary/aromatic N) is 1. The maximum atomic E-state index is 13.7. The molecule has 2 rings (SSSR count). The summed E-state index contributed by atoms with van der Waals surface area (Å²) >= 11 is 0. The number of hydrogen-bond donors (Lipinski definition) is 1. The zero-order chi connectivity index (χ0) is 15.1. The summed E-state index contributed by atoms with van der Waals surface area (Å²) in [5.74, 6) is -2.01. The largest absolute Gasteiger partial charge is 0.478 e. The van der Waals surface area contributed by atoms with E-state index in [9.17, 15) is 17.6 Å². The van der Waals surface area contributed by atoms with Crippen molar-refractivity contribution < 1.29 is 22.7 Å². The van der Waals surface area contributed by atoms with E-state index < -0.39 is 27.4 Å². The van der Waals surface area contributed by atoms with Crippen molar-refractivity contribution in [2.24, 2.45) is 5.92 Å². The first-order valence-corrected chi connectivity index (χ1v) is 7.67. The Kier molecular flexibility index (Phi) is 3.84. The van der Waals surface area contributed by atoms with Crippen molar-refractivity contribution in [3.63, 3.8) is 0 Å². The maximum absolute atomic E-state index is 13.7. The highest BCUT2D eigenvalue weighted by Gasteiger charge is 2.30. The molecule has 1 saturated carbocycles. The molecule has 0 aromatic heterocycles. The van der Waals surface area contributed by atoms with Crippen LogP contribution in [-0.4, -0.2) is 37.4 Å². The quantitative estimate of drug-likeness (QED) is 0.901. The first-order valence-electron chi connectivity index (χ1n) is 6.23. The normalized spacial score (nSPS) is 15.6. The number of carboxylic acid groups (broad SMARTS) is 1. The van der Waals surface area contributed by atoms with Gasteiger partial charge in [-0.3, -0.25) is 0 Å². The van der Waals surface area contributed by atoms with E-state index in [0.29, 0.717) is 12.5 Å². The monoisotopic (exact) mass is 301 g/mol. The molecule has 0 atom stereocenters.